The molecule has 1 heterocycles. The van der Waals surface area contributed by atoms with Crippen molar-refractivity contribution in [2.24, 2.45) is 0 Å². The lowest BCUT2D eigenvalue weighted by Gasteiger charge is -2.10. The van der Waals surface area contributed by atoms with Gasteiger partial charge in [0, 0.05) is 13.2 Å². The minimum atomic E-state index is -4.34. The summed E-state index contributed by atoms with van der Waals surface area (Å²) in [7, 11) is 0. The third-order valence-electron chi connectivity index (χ3n) is 2.80. The number of hydrogen-bond donors (Lipinski definition) is 1. The molecule has 0 aliphatic heterocycles. The molecule has 2 rings (SSSR count). The highest BCUT2D eigenvalue weighted by Crippen LogP contribution is 2.35. The fraction of sp³-hybridized carbons (Fsp3) is 0.357. The summed E-state index contributed by atoms with van der Waals surface area (Å²) in [5.41, 5.74) is 1.99. The van der Waals surface area contributed by atoms with Gasteiger partial charge in [-0.1, -0.05) is 35.6 Å². The highest BCUT2D eigenvalue weighted by atomic mass is 32.1. The van der Waals surface area contributed by atoms with Crippen molar-refractivity contribution in [1.29, 1.82) is 0 Å². The summed E-state index contributed by atoms with van der Waals surface area (Å²) < 4.78 is 42.9. The SMILES string of the molecule is CCOCc1ccccc1CNc1ncc(C(F)(F)F)s1. The topological polar surface area (TPSA) is 34.1 Å². The van der Waals surface area contributed by atoms with Crippen molar-refractivity contribution < 1.29 is 17.9 Å². The van der Waals surface area contributed by atoms with E-state index in [0.717, 1.165) is 17.3 Å². The Balaban J connectivity index is 2.01. The van der Waals surface area contributed by atoms with Crippen molar-refractivity contribution in [3.05, 3.63) is 46.5 Å². The van der Waals surface area contributed by atoms with Gasteiger partial charge in [-0.15, -0.1) is 0 Å². The molecule has 1 aromatic carbocycles. The molecule has 21 heavy (non-hydrogen) atoms. The van der Waals surface area contributed by atoms with E-state index in [1.165, 1.54) is 0 Å². The molecule has 0 radical (unpaired) electrons. The Bertz CT molecular complexity index is 584. The molecule has 0 aliphatic carbocycles. The zero-order valence-corrected chi connectivity index (χ0v) is 12.2. The highest BCUT2D eigenvalue weighted by Gasteiger charge is 2.33. The molecule has 0 fully saturated rings. The Morgan fingerprint density at radius 2 is 1.95 bits per heavy atom. The predicted octanol–water partition coefficient (Wildman–Crippen LogP) is 4.31. The van der Waals surface area contributed by atoms with E-state index in [4.69, 9.17) is 4.74 Å². The number of alkyl halides is 3. The molecule has 1 N–H and O–H groups in total. The van der Waals surface area contributed by atoms with Gasteiger partial charge in [0.2, 0.25) is 0 Å². The van der Waals surface area contributed by atoms with E-state index < -0.39 is 11.1 Å². The summed E-state index contributed by atoms with van der Waals surface area (Å²) >= 11 is 0.604. The summed E-state index contributed by atoms with van der Waals surface area (Å²) in [5, 5.41) is 3.18. The van der Waals surface area contributed by atoms with Crippen molar-refractivity contribution >= 4 is 16.5 Å². The summed E-state index contributed by atoms with van der Waals surface area (Å²) in [6.07, 6.45) is -3.50. The first-order valence-corrected chi connectivity index (χ1v) is 7.23. The monoisotopic (exact) mass is 316 g/mol. The lowest BCUT2D eigenvalue weighted by Crippen LogP contribution is -2.04. The van der Waals surface area contributed by atoms with Crippen molar-refractivity contribution in [2.75, 3.05) is 11.9 Å². The normalized spacial score (nSPS) is 11.6. The first kappa shape index (κ1) is 15.8. The minimum Gasteiger partial charge on any atom is -0.377 e. The molecule has 1 aromatic heterocycles. The third-order valence-corrected chi connectivity index (χ3v) is 3.80. The van der Waals surface area contributed by atoms with Gasteiger partial charge in [0.15, 0.2) is 5.13 Å². The fourth-order valence-corrected chi connectivity index (χ4v) is 2.42. The summed E-state index contributed by atoms with van der Waals surface area (Å²) in [5.74, 6) is 0. The molecular formula is C14H15F3N2OS. The smallest absolute Gasteiger partial charge is 0.377 e. The van der Waals surface area contributed by atoms with Crippen LogP contribution in [-0.4, -0.2) is 11.6 Å². The molecule has 2 aromatic rings. The first-order chi connectivity index (χ1) is 10.0. The zero-order valence-electron chi connectivity index (χ0n) is 11.4. The van der Waals surface area contributed by atoms with Gasteiger partial charge in [0.05, 0.1) is 12.8 Å². The number of ether oxygens (including phenoxy) is 1. The molecule has 114 valence electrons. The largest absolute Gasteiger partial charge is 0.427 e. The molecule has 0 atom stereocenters. The Morgan fingerprint density at radius 1 is 1.24 bits per heavy atom. The highest BCUT2D eigenvalue weighted by molar-refractivity contribution is 7.15. The van der Waals surface area contributed by atoms with E-state index in [0.29, 0.717) is 31.1 Å². The molecule has 7 heteroatoms. The number of nitrogens with one attached hydrogen (secondary N) is 1. The molecule has 3 nitrogen and oxygen atoms in total. The van der Waals surface area contributed by atoms with Gasteiger partial charge in [-0.2, -0.15) is 13.2 Å². The van der Waals surface area contributed by atoms with Crippen LogP contribution in [0.25, 0.3) is 0 Å². The second kappa shape index (κ2) is 6.91. The molecule has 0 saturated heterocycles. The van der Waals surface area contributed by atoms with Crippen LogP contribution in [0.15, 0.2) is 30.5 Å². The summed E-state index contributed by atoms with van der Waals surface area (Å²) in [6, 6.07) is 7.65. The average molecular weight is 316 g/mol. The number of nitrogens with zero attached hydrogens (tertiary/aromatic N) is 1. The minimum absolute atomic E-state index is 0.258. The summed E-state index contributed by atoms with van der Waals surface area (Å²) in [4.78, 5) is 3.04. The average Bonchev–Trinajstić information content (AvgIpc) is 2.92. The van der Waals surface area contributed by atoms with Crippen molar-refractivity contribution in [1.82, 2.24) is 4.98 Å². The third kappa shape index (κ3) is 4.44. The Morgan fingerprint density at radius 3 is 2.57 bits per heavy atom. The molecule has 0 unspecified atom stereocenters. The Kier molecular flexibility index (Phi) is 5.19. The number of thiazole rings is 1. The maximum Gasteiger partial charge on any atom is 0.427 e. The molecule has 0 aliphatic rings. The number of anilines is 1. The fourth-order valence-electron chi connectivity index (χ4n) is 1.74. The van der Waals surface area contributed by atoms with E-state index in [2.05, 4.69) is 10.3 Å². The molecule has 0 bridgehead atoms. The second-order valence-corrected chi connectivity index (χ2v) is 5.32. The van der Waals surface area contributed by atoms with E-state index in [-0.39, 0.29) is 5.13 Å². The van der Waals surface area contributed by atoms with Crippen molar-refractivity contribution in [2.45, 2.75) is 26.3 Å². The van der Waals surface area contributed by atoms with Crippen LogP contribution in [0.4, 0.5) is 18.3 Å². The van der Waals surface area contributed by atoms with E-state index in [1.54, 1.807) is 0 Å². The predicted molar refractivity (Wildman–Crippen MR) is 76.2 cm³/mol. The van der Waals surface area contributed by atoms with Crippen LogP contribution in [0.3, 0.4) is 0 Å². The van der Waals surface area contributed by atoms with Gasteiger partial charge >= 0.3 is 6.18 Å². The lowest BCUT2D eigenvalue weighted by atomic mass is 10.1. The Hall–Kier alpha value is -1.60. The first-order valence-electron chi connectivity index (χ1n) is 6.42. The van der Waals surface area contributed by atoms with E-state index in [9.17, 15) is 13.2 Å². The standard InChI is InChI=1S/C14H15F3N2OS/c1-2-20-9-11-6-4-3-5-10(11)7-18-13-19-8-12(21-13)14(15,16)17/h3-6,8H,2,7,9H2,1H3,(H,18,19). The molecule has 0 amide bonds. The number of halogens is 3. The zero-order chi connectivity index (χ0) is 15.3. The summed E-state index contributed by atoms with van der Waals surface area (Å²) in [6.45, 7) is 3.42. The van der Waals surface area contributed by atoms with Crippen LogP contribution in [0.5, 0.6) is 0 Å². The van der Waals surface area contributed by atoms with Crippen LogP contribution < -0.4 is 5.32 Å². The maximum absolute atomic E-state index is 12.5. The van der Waals surface area contributed by atoms with Gasteiger partial charge in [-0.25, -0.2) is 4.98 Å². The lowest BCUT2D eigenvalue weighted by molar-refractivity contribution is -0.134. The van der Waals surface area contributed by atoms with Gasteiger partial charge < -0.3 is 10.1 Å². The van der Waals surface area contributed by atoms with Crippen LogP contribution in [0, 0.1) is 0 Å². The van der Waals surface area contributed by atoms with Crippen LogP contribution in [0.2, 0.25) is 0 Å². The maximum atomic E-state index is 12.5. The molecular weight excluding hydrogens is 301 g/mol. The van der Waals surface area contributed by atoms with Crippen LogP contribution in [0.1, 0.15) is 22.9 Å². The second-order valence-electron chi connectivity index (χ2n) is 4.29. The Labute approximate surface area is 124 Å². The number of rotatable bonds is 6. The number of benzene rings is 1. The van der Waals surface area contributed by atoms with Gasteiger partial charge in [0.1, 0.15) is 4.88 Å². The quantitative estimate of drug-likeness (QED) is 0.862. The molecule has 0 spiro atoms. The van der Waals surface area contributed by atoms with Gasteiger partial charge in [-0.3, -0.25) is 0 Å². The van der Waals surface area contributed by atoms with Crippen LogP contribution in [-0.2, 0) is 24.1 Å². The molecule has 0 saturated carbocycles. The number of aromatic nitrogens is 1. The van der Waals surface area contributed by atoms with Gasteiger partial charge in [0.25, 0.3) is 0 Å². The number of hydrogen-bond acceptors (Lipinski definition) is 4. The van der Waals surface area contributed by atoms with Crippen LogP contribution >= 0.6 is 11.3 Å². The van der Waals surface area contributed by atoms with Crippen molar-refractivity contribution in [3.8, 4) is 0 Å². The van der Waals surface area contributed by atoms with E-state index in [1.807, 2.05) is 31.2 Å². The van der Waals surface area contributed by atoms with E-state index >= 15 is 0 Å². The van der Waals surface area contributed by atoms with Crippen molar-refractivity contribution in [3.63, 3.8) is 0 Å². The van der Waals surface area contributed by atoms with Gasteiger partial charge in [-0.05, 0) is 18.1 Å².